The maximum atomic E-state index is 3.36. The van der Waals surface area contributed by atoms with Crippen molar-refractivity contribution >= 4 is 42.0 Å². The highest BCUT2D eigenvalue weighted by Gasteiger charge is 1.94. The molecule has 11 heavy (non-hydrogen) atoms. The second-order valence-electron chi connectivity index (χ2n) is 2.10. The van der Waals surface area contributed by atoms with Crippen LogP contribution in [0.3, 0.4) is 0 Å². The number of halogens is 2. The number of hydrogen-bond donors (Lipinski definition) is 0. The molecule has 0 aliphatic carbocycles. The van der Waals surface area contributed by atoms with Gasteiger partial charge in [-0.25, -0.2) is 0 Å². The van der Waals surface area contributed by atoms with E-state index in [0.717, 1.165) is 0 Å². The largest absolute Gasteiger partial charge is 0.322 e. The van der Waals surface area contributed by atoms with Crippen LogP contribution < -0.4 is 0 Å². The molecule has 0 saturated heterocycles. The molecular formula is C8H7BBr2. The van der Waals surface area contributed by atoms with Crippen molar-refractivity contribution in [3.8, 4) is 0 Å². The average molecular weight is 274 g/mol. The molecule has 56 valence electrons. The molecule has 0 bridgehead atoms. The van der Waals surface area contributed by atoms with Crippen molar-refractivity contribution in [3.05, 3.63) is 41.9 Å². The Bertz CT molecular complexity index is 231. The topological polar surface area (TPSA) is 0 Å². The van der Waals surface area contributed by atoms with Crippen LogP contribution in [0.1, 0.15) is 5.56 Å². The van der Waals surface area contributed by atoms with Crippen LogP contribution in [0.2, 0.25) is 0 Å². The predicted octanol–water partition coefficient (Wildman–Crippen LogP) is 3.52. The first-order valence-electron chi connectivity index (χ1n) is 3.30. The zero-order chi connectivity index (χ0) is 8.10. The third kappa shape index (κ3) is 3.78. The van der Waals surface area contributed by atoms with Crippen molar-refractivity contribution in [1.29, 1.82) is 0 Å². The van der Waals surface area contributed by atoms with Gasteiger partial charge in [0.25, 0.3) is 0 Å². The molecule has 0 aromatic heterocycles. The van der Waals surface area contributed by atoms with E-state index in [9.17, 15) is 0 Å². The van der Waals surface area contributed by atoms with Crippen LogP contribution in [0.4, 0.5) is 0 Å². The van der Waals surface area contributed by atoms with Crippen LogP contribution in [-0.2, 0) is 0 Å². The van der Waals surface area contributed by atoms with Gasteiger partial charge < -0.3 is 0 Å². The van der Waals surface area contributed by atoms with Crippen molar-refractivity contribution in [1.82, 2.24) is 0 Å². The zero-order valence-corrected chi connectivity index (χ0v) is 9.05. The Kier molecular flexibility index (Phi) is 3.94. The lowest BCUT2D eigenvalue weighted by Crippen LogP contribution is -1.80. The molecule has 0 atom stereocenters. The SMILES string of the molecule is BrB(Br)/C=C/c1ccccc1. The summed E-state index contributed by atoms with van der Waals surface area (Å²) >= 11 is 6.72. The van der Waals surface area contributed by atoms with E-state index in [4.69, 9.17) is 0 Å². The Morgan fingerprint density at radius 1 is 1.09 bits per heavy atom. The molecule has 0 fully saturated rings. The second-order valence-corrected chi connectivity index (χ2v) is 5.31. The highest BCUT2D eigenvalue weighted by Crippen LogP contribution is 2.07. The fourth-order valence-corrected chi connectivity index (χ4v) is 1.05. The van der Waals surface area contributed by atoms with E-state index in [1.54, 1.807) is 0 Å². The molecule has 1 aromatic rings. The lowest BCUT2D eigenvalue weighted by molar-refractivity contribution is 1.66. The Balaban J connectivity index is 2.65. The van der Waals surface area contributed by atoms with Crippen LogP contribution in [-0.4, -0.2) is 4.36 Å². The number of rotatable bonds is 2. The molecule has 1 aromatic carbocycles. The fraction of sp³-hybridized carbons (Fsp3) is 0. The Labute approximate surface area is 83.7 Å². The molecule has 0 N–H and O–H groups in total. The van der Waals surface area contributed by atoms with Crippen molar-refractivity contribution in [3.63, 3.8) is 0 Å². The summed E-state index contributed by atoms with van der Waals surface area (Å²) in [4.78, 5) is 0. The van der Waals surface area contributed by atoms with Gasteiger partial charge in [-0.3, -0.25) is 0 Å². The van der Waals surface area contributed by atoms with Crippen molar-refractivity contribution in [2.24, 2.45) is 0 Å². The van der Waals surface area contributed by atoms with E-state index >= 15 is 0 Å². The smallest absolute Gasteiger partial charge is 0.133 e. The molecule has 0 amide bonds. The summed E-state index contributed by atoms with van der Waals surface area (Å²) in [6, 6.07) is 10.2. The van der Waals surface area contributed by atoms with E-state index in [0.29, 0.717) is 0 Å². The molecule has 0 unspecified atom stereocenters. The van der Waals surface area contributed by atoms with Gasteiger partial charge in [0, 0.05) is 0 Å². The van der Waals surface area contributed by atoms with Crippen molar-refractivity contribution < 1.29 is 0 Å². The van der Waals surface area contributed by atoms with E-state index in [-0.39, 0.29) is 4.36 Å². The van der Waals surface area contributed by atoms with E-state index < -0.39 is 0 Å². The van der Waals surface area contributed by atoms with Crippen molar-refractivity contribution in [2.45, 2.75) is 0 Å². The maximum absolute atomic E-state index is 3.36. The van der Waals surface area contributed by atoms with Crippen LogP contribution in [0, 0.1) is 0 Å². The number of hydrogen-bond acceptors (Lipinski definition) is 0. The third-order valence-corrected chi connectivity index (χ3v) is 1.84. The second kappa shape index (κ2) is 4.78. The van der Waals surface area contributed by atoms with Gasteiger partial charge in [0.05, 0.1) is 0 Å². The quantitative estimate of drug-likeness (QED) is 0.724. The van der Waals surface area contributed by atoms with Crippen LogP contribution in [0.25, 0.3) is 6.08 Å². The Hall–Kier alpha value is -0.0151. The van der Waals surface area contributed by atoms with Gasteiger partial charge in [-0.2, -0.15) is 0 Å². The standard InChI is InChI=1S/C8H7BBr2/c10-9(11)7-6-8-4-2-1-3-5-8/h1-7H/b7-6+. The highest BCUT2D eigenvalue weighted by molar-refractivity contribution is 9.49. The van der Waals surface area contributed by atoms with Crippen LogP contribution >= 0.6 is 31.5 Å². The number of benzene rings is 1. The van der Waals surface area contributed by atoms with Gasteiger partial charge in [0.1, 0.15) is 0 Å². The van der Waals surface area contributed by atoms with E-state index in [1.807, 2.05) is 24.2 Å². The normalized spacial score (nSPS) is 10.4. The Morgan fingerprint density at radius 2 is 1.73 bits per heavy atom. The molecule has 0 heterocycles. The van der Waals surface area contributed by atoms with Crippen LogP contribution in [0.15, 0.2) is 36.3 Å². The first-order valence-corrected chi connectivity index (χ1v) is 5.13. The molecule has 0 radical (unpaired) electrons. The highest BCUT2D eigenvalue weighted by atomic mass is 79.9. The van der Waals surface area contributed by atoms with E-state index in [1.165, 1.54) is 5.56 Å². The van der Waals surface area contributed by atoms with E-state index in [2.05, 4.69) is 49.7 Å². The molecule has 0 spiro atoms. The molecular weight excluding hydrogens is 267 g/mol. The third-order valence-electron chi connectivity index (χ3n) is 1.23. The van der Waals surface area contributed by atoms with Gasteiger partial charge in [0.2, 0.25) is 0 Å². The molecule has 3 heteroatoms. The van der Waals surface area contributed by atoms with Gasteiger partial charge in [-0.1, -0.05) is 42.4 Å². The van der Waals surface area contributed by atoms with Crippen molar-refractivity contribution in [2.75, 3.05) is 0 Å². The summed E-state index contributed by atoms with van der Waals surface area (Å²) < 4.78 is 0.259. The van der Waals surface area contributed by atoms with Gasteiger partial charge >= 0.3 is 4.36 Å². The minimum Gasteiger partial charge on any atom is -0.133 e. The van der Waals surface area contributed by atoms with Gasteiger partial charge in [-0.05, 0) is 5.56 Å². The molecule has 0 aliphatic rings. The maximum Gasteiger partial charge on any atom is 0.322 e. The monoisotopic (exact) mass is 272 g/mol. The predicted molar refractivity (Wildman–Crippen MR) is 59.1 cm³/mol. The minimum atomic E-state index is 0.259. The van der Waals surface area contributed by atoms with Crippen LogP contribution in [0.5, 0.6) is 0 Å². The summed E-state index contributed by atoms with van der Waals surface area (Å²) in [5, 5.41) is 0. The summed E-state index contributed by atoms with van der Waals surface area (Å²) in [6.07, 6.45) is 2.06. The minimum absolute atomic E-state index is 0.259. The lowest BCUT2D eigenvalue weighted by Gasteiger charge is -1.89. The first kappa shape index (κ1) is 9.08. The summed E-state index contributed by atoms with van der Waals surface area (Å²) in [5.41, 5.74) is 1.22. The van der Waals surface area contributed by atoms with Gasteiger partial charge in [0.15, 0.2) is 0 Å². The van der Waals surface area contributed by atoms with Gasteiger partial charge in [-0.15, -0.1) is 31.5 Å². The fourth-order valence-electron chi connectivity index (χ4n) is 0.748. The average Bonchev–Trinajstić information content (AvgIpc) is 2.03. The Morgan fingerprint density at radius 3 is 2.27 bits per heavy atom. The molecule has 0 saturated carbocycles. The lowest BCUT2D eigenvalue weighted by atomic mass is 10.1. The molecule has 1 rings (SSSR count). The first-order chi connectivity index (χ1) is 5.29. The summed E-state index contributed by atoms with van der Waals surface area (Å²) in [6.45, 7) is 0. The zero-order valence-electron chi connectivity index (χ0n) is 5.87. The summed E-state index contributed by atoms with van der Waals surface area (Å²) in [5.74, 6) is 2.04. The summed E-state index contributed by atoms with van der Waals surface area (Å²) in [7, 11) is 0. The molecule has 0 nitrogen and oxygen atoms in total. The molecule has 0 aliphatic heterocycles.